The van der Waals surface area contributed by atoms with Crippen LogP contribution in [0.15, 0.2) is 0 Å². The van der Waals surface area contributed by atoms with E-state index in [-0.39, 0.29) is 5.41 Å². The zero-order chi connectivity index (χ0) is 14.4. The normalized spacial score (nSPS) is 13.6. The van der Waals surface area contributed by atoms with Crippen LogP contribution in [0.1, 0.15) is 41.0 Å². The lowest BCUT2D eigenvalue weighted by atomic mass is 9.94. The van der Waals surface area contributed by atoms with E-state index in [2.05, 4.69) is 4.72 Å². The SMILES string of the molecule is CCCN(CC(C)(C)CN)S(=O)(=O)NCC(C)C. The van der Waals surface area contributed by atoms with E-state index in [0.717, 1.165) is 6.42 Å². The van der Waals surface area contributed by atoms with Gasteiger partial charge in [-0.15, -0.1) is 0 Å². The van der Waals surface area contributed by atoms with Crippen molar-refractivity contribution in [3.05, 3.63) is 0 Å². The van der Waals surface area contributed by atoms with Crippen LogP contribution in [0.4, 0.5) is 0 Å². The predicted molar refractivity (Wildman–Crippen MR) is 76.5 cm³/mol. The Balaban J connectivity index is 4.76. The van der Waals surface area contributed by atoms with Crippen LogP contribution in [0.3, 0.4) is 0 Å². The van der Waals surface area contributed by atoms with Crippen LogP contribution in [0.2, 0.25) is 0 Å². The van der Waals surface area contributed by atoms with E-state index in [9.17, 15) is 8.42 Å². The third-order valence-electron chi connectivity index (χ3n) is 2.64. The van der Waals surface area contributed by atoms with E-state index >= 15 is 0 Å². The van der Waals surface area contributed by atoms with Gasteiger partial charge in [-0.25, -0.2) is 4.72 Å². The monoisotopic (exact) mass is 279 g/mol. The molecule has 0 spiro atoms. The summed E-state index contributed by atoms with van der Waals surface area (Å²) >= 11 is 0. The molecule has 0 amide bonds. The van der Waals surface area contributed by atoms with Crippen LogP contribution < -0.4 is 10.5 Å². The van der Waals surface area contributed by atoms with Gasteiger partial charge in [0.15, 0.2) is 0 Å². The average Bonchev–Trinajstić information content (AvgIpc) is 2.26. The molecule has 0 aliphatic carbocycles. The summed E-state index contributed by atoms with van der Waals surface area (Å²) in [4.78, 5) is 0. The van der Waals surface area contributed by atoms with Crippen molar-refractivity contribution in [1.82, 2.24) is 9.03 Å². The summed E-state index contributed by atoms with van der Waals surface area (Å²) in [6.45, 7) is 11.8. The Kier molecular flexibility index (Phi) is 7.36. The smallest absolute Gasteiger partial charge is 0.279 e. The molecule has 0 atom stereocenters. The fourth-order valence-corrected chi connectivity index (χ4v) is 3.11. The van der Waals surface area contributed by atoms with E-state index < -0.39 is 10.2 Å². The highest BCUT2D eigenvalue weighted by Gasteiger charge is 2.27. The molecule has 0 fully saturated rings. The van der Waals surface area contributed by atoms with E-state index in [1.54, 1.807) is 0 Å². The van der Waals surface area contributed by atoms with Gasteiger partial charge in [0.1, 0.15) is 0 Å². The van der Waals surface area contributed by atoms with Gasteiger partial charge in [0.25, 0.3) is 10.2 Å². The lowest BCUT2D eigenvalue weighted by Gasteiger charge is -2.31. The first-order valence-electron chi connectivity index (χ1n) is 6.59. The number of nitrogens with one attached hydrogen (secondary N) is 1. The Morgan fingerprint density at radius 1 is 1.33 bits per heavy atom. The van der Waals surface area contributed by atoms with Crippen LogP contribution in [-0.4, -0.2) is 38.9 Å². The fourth-order valence-electron chi connectivity index (χ4n) is 1.44. The highest BCUT2D eigenvalue weighted by atomic mass is 32.2. The predicted octanol–water partition coefficient (Wildman–Crippen LogP) is 1.17. The molecular formula is C12H29N3O2S. The maximum absolute atomic E-state index is 12.2. The zero-order valence-electron chi connectivity index (χ0n) is 12.4. The first-order valence-corrected chi connectivity index (χ1v) is 8.03. The Hall–Kier alpha value is -0.170. The van der Waals surface area contributed by atoms with E-state index in [1.165, 1.54) is 4.31 Å². The van der Waals surface area contributed by atoms with Gasteiger partial charge in [-0.2, -0.15) is 12.7 Å². The van der Waals surface area contributed by atoms with Crippen molar-refractivity contribution in [2.45, 2.75) is 41.0 Å². The number of hydrogen-bond donors (Lipinski definition) is 2. The standard InChI is InChI=1S/C12H29N3O2S/c1-6-7-15(10-12(4,5)9-13)18(16,17)14-8-11(2)3/h11,14H,6-10,13H2,1-5H3. The van der Waals surface area contributed by atoms with Gasteiger partial charge >= 0.3 is 0 Å². The molecule has 5 nitrogen and oxygen atoms in total. The second-order valence-electron chi connectivity index (χ2n) is 5.95. The Morgan fingerprint density at radius 2 is 1.89 bits per heavy atom. The topological polar surface area (TPSA) is 75.4 Å². The van der Waals surface area contributed by atoms with Crippen molar-refractivity contribution >= 4 is 10.2 Å². The molecule has 0 aliphatic heterocycles. The quantitative estimate of drug-likeness (QED) is 0.665. The first-order chi connectivity index (χ1) is 8.14. The minimum absolute atomic E-state index is 0.207. The molecule has 0 heterocycles. The van der Waals surface area contributed by atoms with Crippen molar-refractivity contribution in [3.63, 3.8) is 0 Å². The molecule has 0 radical (unpaired) electrons. The van der Waals surface area contributed by atoms with Gasteiger partial charge in [0, 0.05) is 19.6 Å². The molecule has 0 aromatic heterocycles. The Bertz CT molecular complexity index is 326. The van der Waals surface area contributed by atoms with Crippen molar-refractivity contribution < 1.29 is 8.42 Å². The molecule has 0 saturated carbocycles. The van der Waals surface area contributed by atoms with Crippen molar-refractivity contribution in [1.29, 1.82) is 0 Å². The van der Waals surface area contributed by atoms with E-state index in [4.69, 9.17) is 5.73 Å². The highest BCUT2D eigenvalue weighted by Crippen LogP contribution is 2.17. The number of hydrogen-bond acceptors (Lipinski definition) is 3. The van der Waals surface area contributed by atoms with Crippen LogP contribution >= 0.6 is 0 Å². The van der Waals surface area contributed by atoms with Gasteiger partial charge in [0.2, 0.25) is 0 Å². The molecule has 0 unspecified atom stereocenters. The maximum atomic E-state index is 12.2. The van der Waals surface area contributed by atoms with Crippen molar-refractivity contribution in [3.8, 4) is 0 Å². The summed E-state index contributed by atoms with van der Waals surface area (Å²) in [5.41, 5.74) is 5.47. The average molecular weight is 279 g/mol. The largest absolute Gasteiger partial charge is 0.330 e. The lowest BCUT2D eigenvalue weighted by Crippen LogP contribution is -2.47. The summed E-state index contributed by atoms with van der Waals surface area (Å²) in [7, 11) is -3.40. The summed E-state index contributed by atoms with van der Waals surface area (Å²) in [5.74, 6) is 0.297. The molecule has 18 heavy (non-hydrogen) atoms. The van der Waals surface area contributed by atoms with Gasteiger partial charge in [0.05, 0.1) is 0 Å². The molecule has 0 aromatic rings. The molecule has 6 heteroatoms. The minimum Gasteiger partial charge on any atom is -0.330 e. The second kappa shape index (κ2) is 7.43. The zero-order valence-corrected chi connectivity index (χ0v) is 13.2. The minimum atomic E-state index is -3.40. The molecule has 3 N–H and O–H groups in total. The van der Waals surface area contributed by atoms with Gasteiger partial charge in [-0.3, -0.25) is 0 Å². The maximum Gasteiger partial charge on any atom is 0.279 e. The molecule has 110 valence electrons. The second-order valence-corrected chi connectivity index (χ2v) is 7.70. The molecule has 0 aliphatic rings. The van der Waals surface area contributed by atoms with Crippen LogP contribution in [0.25, 0.3) is 0 Å². The van der Waals surface area contributed by atoms with Gasteiger partial charge in [-0.05, 0) is 24.3 Å². The molecular weight excluding hydrogens is 250 g/mol. The van der Waals surface area contributed by atoms with Crippen LogP contribution in [0, 0.1) is 11.3 Å². The third-order valence-corrected chi connectivity index (χ3v) is 4.17. The number of nitrogens with zero attached hydrogens (tertiary/aromatic N) is 1. The third kappa shape index (κ3) is 6.68. The summed E-state index contributed by atoms with van der Waals surface area (Å²) in [6.07, 6.45) is 0.795. The molecule has 0 aromatic carbocycles. The number of rotatable bonds is 9. The fraction of sp³-hybridized carbons (Fsp3) is 1.00. The van der Waals surface area contributed by atoms with Crippen LogP contribution in [-0.2, 0) is 10.2 Å². The molecule has 0 bridgehead atoms. The van der Waals surface area contributed by atoms with Gasteiger partial charge in [-0.1, -0.05) is 34.6 Å². The lowest BCUT2D eigenvalue weighted by molar-refractivity contribution is 0.264. The van der Waals surface area contributed by atoms with E-state index in [0.29, 0.717) is 32.1 Å². The van der Waals surface area contributed by atoms with E-state index in [1.807, 2.05) is 34.6 Å². The number of nitrogens with two attached hydrogens (primary N) is 1. The van der Waals surface area contributed by atoms with Crippen molar-refractivity contribution in [2.75, 3.05) is 26.2 Å². The van der Waals surface area contributed by atoms with Gasteiger partial charge < -0.3 is 5.73 Å². The van der Waals surface area contributed by atoms with Crippen molar-refractivity contribution in [2.24, 2.45) is 17.1 Å². The molecule has 0 saturated heterocycles. The highest BCUT2D eigenvalue weighted by molar-refractivity contribution is 7.87. The summed E-state index contributed by atoms with van der Waals surface area (Å²) in [5, 5.41) is 0. The Morgan fingerprint density at radius 3 is 2.28 bits per heavy atom. The Labute approximate surface area is 112 Å². The van der Waals surface area contributed by atoms with Crippen LogP contribution in [0.5, 0.6) is 0 Å². The molecule has 0 rings (SSSR count). The first kappa shape index (κ1) is 17.8. The summed E-state index contributed by atoms with van der Waals surface area (Å²) < 4.78 is 28.5. The summed E-state index contributed by atoms with van der Waals surface area (Å²) in [6, 6.07) is 0.